The zero-order valence-electron chi connectivity index (χ0n) is 47.9. The van der Waals surface area contributed by atoms with Crippen molar-refractivity contribution in [2.24, 2.45) is 23.2 Å². The van der Waals surface area contributed by atoms with Crippen molar-refractivity contribution in [1.29, 1.82) is 0 Å². The Kier molecular flexibility index (Phi) is 14.9. The molecule has 0 bridgehead atoms. The maximum Gasteiger partial charge on any atom is 0.437 e. The Labute approximate surface area is 393 Å². The van der Waals surface area contributed by atoms with Crippen LogP contribution in [-0.2, 0) is 17.7 Å². The molecular formula is C49H88F6O4Si4. The molecule has 4 nitrogen and oxygen atoms in total. The maximum absolute atomic E-state index is 14.7. The topological polar surface area (TPSA) is 36.9 Å². The summed E-state index contributed by atoms with van der Waals surface area (Å²) in [5, 5.41) is 0.0525. The van der Waals surface area contributed by atoms with E-state index < -0.39 is 88.3 Å². The van der Waals surface area contributed by atoms with Crippen LogP contribution >= 0.6 is 0 Å². The number of rotatable bonds is 15. The van der Waals surface area contributed by atoms with E-state index in [0.29, 0.717) is 6.42 Å². The van der Waals surface area contributed by atoms with Crippen LogP contribution in [0.1, 0.15) is 147 Å². The van der Waals surface area contributed by atoms with Gasteiger partial charge in [0.15, 0.2) is 33.3 Å². The molecule has 63 heavy (non-hydrogen) atoms. The van der Waals surface area contributed by atoms with Gasteiger partial charge in [-0.25, -0.2) is 0 Å². The first-order valence-corrected chi connectivity index (χ1v) is 36.0. The van der Waals surface area contributed by atoms with Crippen LogP contribution in [0.4, 0.5) is 26.3 Å². The number of alkyl halides is 6. The summed E-state index contributed by atoms with van der Waals surface area (Å²) in [4.78, 5) is 0. The third kappa shape index (κ3) is 14.9. The van der Waals surface area contributed by atoms with Gasteiger partial charge >= 0.3 is 18.0 Å². The first kappa shape index (κ1) is 47.4. The van der Waals surface area contributed by atoms with Crippen molar-refractivity contribution in [3.05, 3.63) is 23.3 Å². The van der Waals surface area contributed by atoms with Crippen LogP contribution in [0.5, 0.6) is 0 Å². The molecule has 0 amide bonds. The van der Waals surface area contributed by atoms with E-state index in [1.54, 1.807) is 25.6 Å². The van der Waals surface area contributed by atoms with E-state index in [1.807, 2.05) is 0 Å². The van der Waals surface area contributed by atoms with Crippen LogP contribution in [0.25, 0.3) is 0 Å². The van der Waals surface area contributed by atoms with E-state index >= 15 is 0 Å². The standard InChI is InChI=1S/C49H88F6O4Si4/c1-43(2,3)62(16,17)56-39-33-36(34-40(35-39)57-63(18,19)44(4,5)6)26-27-38-24-21-31-46(9)41(28-29-42(38)46)37(23-20-30-45(7,8)58-60(10,11)12)25-22-32-47(48(50,51)52,49(53,54)55)59-61(13,14)15/h26-27,37,39-42H,20-21,23-25,28-31,33-35H2,1-19H3/b38-27+/t37-,39+,40+,41+,42-,46+/m0/s1/i7D3,8D3. The largest absolute Gasteiger partial charge is 0.437 e. The van der Waals surface area contributed by atoms with Crippen molar-refractivity contribution in [1.82, 2.24) is 0 Å². The van der Waals surface area contributed by atoms with Gasteiger partial charge in [-0.2, -0.15) is 26.3 Å². The zero-order valence-corrected chi connectivity index (χ0v) is 45.9. The molecule has 3 aliphatic rings. The molecule has 14 heteroatoms. The lowest BCUT2D eigenvalue weighted by atomic mass is 9.60. The zero-order chi connectivity index (χ0) is 53.7. The van der Waals surface area contributed by atoms with E-state index in [9.17, 15) is 26.3 Å². The fourth-order valence-electron chi connectivity index (χ4n) is 9.75. The van der Waals surface area contributed by atoms with Crippen LogP contribution in [0.15, 0.2) is 23.3 Å². The number of fused-ring (bicyclic) bond motifs is 1. The first-order valence-electron chi connectivity index (χ1n) is 26.3. The van der Waals surface area contributed by atoms with E-state index in [1.165, 1.54) is 30.8 Å². The molecule has 0 N–H and O–H groups in total. The van der Waals surface area contributed by atoms with Gasteiger partial charge in [0, 0.05) is 14.6 Å². The molecule has 0 aromatic carbocycles. The molecule has 366 valence electrons. The predicted molar refractivity (Wildman–Crippen MR) is 260 cm³/mol. The van der Waals surface area contributed by atoms with Crippen molar-refractivity contribution < 1.29 is 52.3 Å². The molecule has 0 radical (unpaired) electrons. The molecule has 6 atom stereocenters. The highest BCUT2D eigenvalue weighted by Gasteiger charge is 2.73. The molecule has 0 spiro atoms. The van der Waals surface area contributed by atoms with Gasteiger partial charge in [-0.15, -0.1) is 0 Å². The Balaban J connectivity index is 2.14. The number of hydrogen-bond acceptors (Lipinski definition) is 4. The highest BCUT2D eigenvalue weighted by molar-refractivity contribution is 6.74. The van der Waals surface area contributed by atoms with Gasteiger partial charge in [0.25, 0.3) is 0 Å². The number of hydrogen-bond donors (Lipinski definition) is 0. The summed E-state index contributed by atoms with van der Waals surface area (Å²) < 4.78 is 164. The first-order chi connectivity index (χ1) is 30.5. The van der Waals surface area contributed by atoms with Crippen LogP contribution < -0.4 is 0 Å². The van der Waals surface area contributed by atoms with Crippen molar-refractivity contribution in [3.8, 4) is 11.8 Å². The van der Waals surface area contributed by atoms with E-state index in [-0.39, 0.29) is 53.4 Å². The van der Waals surface area contributed by atoms with Gasteiger partial charge in [0.2, 0.25) is 0 Å². The highest BCUT2D eigenvalue weighted by Crippen LogP contribution is 2.61. The average Bonchev–Trinajstić information content (AvgIpc) is 3.45. The minimum Gasteiger partial charge on any atom is -0.414 e. The fourth-order valence-corrected chi connectivity index (χ4v) is 14.8. The summed E-state index contributed by atoms with van der Waals surface area (Å²) in [6, 6.07) is 0. The van der Waals surface area contributed by atoms with E-state index in [4.69, 9.17) is 25.9 Å². The number of halogens is 6. The van der Waals surface area contributed by atoms with Gasteiger partial charge < -0.3 is 17.7 Å². The highest BCUT2D eigenvalue weighted by atomic mass is 28.4. The normalized spacial score (nSPS) is 28.2. The lowest BCUT2D eigenvalue weighted by Crippen LogP contribution is -2.61. The second kappa shape index (κ2) is 19.7. The Bertz CT molecular complexity index is 1810. The maximum atomic E-state index is 14.7. The van der Waals surface area contributed by atoms with Gasteiger partial charge in [-0.3, -0.25) is 0 Å². The van der Waals surface area contributed by atoms with Gasteiger partial charge in [0.05, 0.1) is 17.8 Å². The molecule has 0 saturated heterocycles. The molecule has 3 aliphatic carbocycles. The van der Waals surface area contributed by atoms with Crippen LogP contribution in [0.3, 0.4) is 0 Å². The minimum absolute atomic E-state index is 0.00323. The quantitative estimate of drug-likeness (QED) is 0.0931. The van der Waals surface area contributed by atoms with Crippen molar-refractivity contribution in [3.63, 3.8) is 0 Å². The Morgan fingerprint density at radius 2 is 1.27 bits per heavy atom. The van der Waals surface area contributed by atoms with Crippen molar-refractivity contribution >= 4 is 33.3 Å². The Hall–Kier alpha value is -0.672. The van der Waals surface area contributed by atoms with Gasteiger partial charge in [0.1, 0.15) is 0 Å². The Morgan fingerprint density at radius 1 is 0.762 bits per heavy atom. The van der Waals surface area contributed by atoms with Crippen LogP contribution in [-0.4, -0.2) is 69.0 Å². The molecule has 3 fully saturated rings. The number of allylic oxidation sites excluding steroid dienone is 3. The van der Waals surface area contributed by atoms with Gasteiger partial charge in [-0.1, -0.05) is 84.1 Å². The molecule has 0 heterocycles. The molecule has 0 aromatic heterocycles. The molecule has 0 unspecified atom stereocenters. The molecule has 0 aromatic rings. The van der Waals surface area contributed by atoms with E-state index in [2.05, 4.69) is 92.7 Å². The summed E-state index contributed by atoms with van der Waals surface area (Å²) in [7, 11) is -10.6. The molecular weight excluding hydrogens is 879 g/mol. The lowest BCUT2D eigenvalue weighted by Gasteiger charge is -2.45. The minimum atomic E-state index is -5.89. The Morgan fingerprint density at radius 3 is 1.71 bits per heavy atom. The fraction of sp³-hybridized carbons (Fsp3) is 0.878. The summed E-state index contributed by atoms with van der Waals surface area (Å²) in [6.45, 7) is 27.4. The van der Waals surface area contributed by atoms with Crippen LogP contribution in [0.2, 0.25) is 75.5 Å². The third-order valence-corrected chi connectivity index (χ3v) is 25.6. The summed E-state index contributed by atoms with van der Waals surface area (Å²) in [5.41, 5.74) is -5.13. The van der Waals surface area contributed by atoms with Gasteiger partial charge in [-0.05, 0) is 183 Å². The van der Waals surface area contributed by atoms with Crippen LogP contribution in [0, 0.1) is 35.0 Å². The second-order valence-electron chi connectivity index (χ2n) is 24.4. The monoisotopic (exact) mass is 973 g/mol. The summed E-state index contributed by atoms with van der Waals surface area (Å²) in [6.07, 6.45) is -1.74. The second-order valence-corrected chi connectivity index (χ2v) is 42.8. The smallest absolute Gasteiger partial charge is 0.414 e. The summed E-state index contributed by atoms with van der Waals surface area (Å²) in [5.74, 6) is 3.21. The SMILES string of the molecule is [2H]C([2H])([2H])C(CCC[C@@H](CC#CC(O[Si](C)(C)C)(C(F)(F)F)C(F)(F)F)[C@H]1CC[C@H]2/C(=C/C=C3C[C@@H](O[Si](C)(C)C(C)(C)C)C[C@H](O[Si](C)(C)C(C)(C)C)C3)CCC[C@]12C)(O[Si](C)(C)C)C([2H])([2H])[2H]. The van der Waals surface area contributed by atoms with E-state index in [0.717, 1.165) is 44.9 Å². The average molecular weight is 974 g/mol. The third-order valence-electron chi connectivity index (χ3n) is 14.7. The lowest BCUT2D eigenvalue weighted by molar-refractivity contribution is -0.336. The van der Waals surface area contributed by atoms with Crippen molar-refractivity contribution in [2.75, 3.05) is 0 Å². The van der Waals surface area contributed by atoms with Crippen molar-refractivity contribution in [2.45, 2.75) is 251 Å². The molecule has 3 saturated carbocycles. The molecule has 3 rings (SSSR count). The predicted octanol–water partition coefficient (Wildman–Crippen LogP) is 16.5. The molecule has 0 aliphatic heterocycles. The summed E-state index contributed by atoms with van der Waals surface area (Å²) >= 11 is 0.